The van der Waals surface area contributed by atoms with Crippen molar-refractivity contribution < 1.29 is 47.7 Å². The smallest absolute Gasteiger partial charge is 0.339 e. The number of esters is 5. The van der Waals surface area contributed by atoms with Gasteiger partial charge in [-0.15, -0.1) is 0 Å². The second-order valence-electron chi connectivity index (χ2n) is 9.62. The Hall–Kier alpha value is -5.51. The Bertz CT molecular complexity index is 1560. The summed E-state index contributed by atoms with van der Waals surface area (Å²) in [6, 6.07) is 8.17. The summed E-state index contributed by atoms with van der Waals surface area (Å²) >= 11 is 0. The van der Waals surface area contributed by atoms with Crippen molar-refractivity contribution in [2.75, 3.05) is 0 Å². The number of ether oxygens (including phenoxy) is 5. The van der Waals surface area contributed by atoms with Crippen LogP contribution >= 0.6 is 0 Å². The van der Waals surface area contributed by atoms with E-state index in [2.05, 4.69) is 26.3 Å². The zero-order valence-corrected chi connectivity index (χ0v) is 24.9. The summed E-state index contributed by atoms with van der Waals surface area (Å²) in [4.78, 5) is 61.6. The highest BCUT2D eigenvalue weighted by Crippen LogP contribution is 2.34. The van der Waals surface area contributed by atoms with Gasteiger partial charge in [0, 0.05) is 46.1 Å². The van der Waals surface area contributed by atoms with Crippen molar-refractivity contribution in [3.05, 3.63) is 96.1 Å². The molecule has 10 heteroatoms. The second-order valence-corrected chi connectivity index (χ2v) is 9.62. The minimum absolute atomic E-state index is 0.0441. The molecule has 0 saturated heterocycles. The van der Waals surface area contributed by atoms with E-state index in [4.69, 9.17) is 23.7 Å². The number of hydrogen-bond acceptors (Lipinski definition) is 10. The fourth-order valence-corrected chi connectivity index (χ4v) is 2.94. The first-order chi connectivity index (χ1) is 20.0. The van der Waals surface area contributed by atoms with E-state index in [1.54, 1.807) is 13.0 Å². The number of rotatable bonds is 11. The minimum atomic E-state index is -0.795. The molecule has 0 fully saturated rings. The van der Waals surface area contributed by atoms with Gasteiger partial charge in [0.15, 0.2) is 11.5 Å². The molecule has 224 valence electrons. The van der Waals surface area contributed by atoms with Crippen molar-refractivity contribution in [2.24, 2.45) is 0 Å². The van der Waals surface area contributed by atoms with E-state index in [-0.39, 0.29) is 56.6 Å². The van der Waals surface area contributed by atoms with Gasteiger partial charge in [0.25, 0.3) is 0 Å². The summed E-state index contributed by atoms with van der Waals surface area (Å²) in [6.07, 6.45) is 0. The Morgan fingerprint density at radius 2 is 0.814 bits per heavy atom. The molecule has 0 amide bonds. The molecule has 0 atom stereocenters. The van der Waals surface area contributed by atoms with Crippen molar-refractivity contribution in [1.82, 2.24) is 0 Å². The maximum Gasteiger partial charge on any atom is 0.339 e. The number of carbonyl (C=O) groups is 5. The van der Waals surface area contributed by atoms with Crippen LogP contribution in [-0.2, 0) is 24.0 Å². The topological polar surface area (TPSA) is 132 Å². The van der Waals surface area contributed by atoms with Gasteiger partial charge in [-0.05, 0) is 64.8 Å². The first-order valence-electron chi connectivity index (χ1n) is 12.7. The van der Waals surface area contributed by atoms with E-state index in [9.17, 15) is 24.0 Å². The first-order valence-corrected chi connectivity index (χ1v) is 12.7. The molecule has 0 aliphatic rings. The van der Waals surface area contributed by atoms with E-state index in [1.165, 1.54) is 65.0 Å². The van der Waals surface area contributed by atoms with Crippen molar-refractivity contribution >= 4 is 35.4 Å². The Kier molecular flexibility index (Phi) is 11.3. The number of carbonyl (C=O) groups excluding carboxylic acids is 5. The third-order valence-corrected chi connectivity index (χ3v) is 5.53. The Balaban J connectivity index is 2.47. The molecule has 0 aliphatic heterocycles. The lowest BCUT2D eigenvalue weighted by Crippen LogP contribution is -2.14. The van der Waals surface area contributed by atoms with Crippen LogP contribution in [-0.4, -0.2) is 29.8 Å². The van der Waals surface area contributed by atoms with Gasteiger partial charge in [0.05, 0.1) is 0 Å². The van der Waals surface area contributed by atoms with E-state index in [0.717, 1.165) is 0 Å². The lowest BCUT2D eigenvalue weighted by Gasteiger charge is -2.14. The molecule has 0 unspecified atom stereocenters. The highest BCUT2D eigenvalue weighted by atomic mass is 16.6. The quantitative estimate of drug-likeness (QED) is 0.175. The Morgan fingerprint density at radius 3 is 1.21 bits per heavy atom. The molecule has 0 radical (unpaired) electrons. The summed E-state index contributed by atoms with van der Waals surface area (Å²) in [7, 11) is 0. The summed E-state index contributed by atoms with van der Waals surface area (Å²) < 4.78 is 26.6. The van der Waals surface area contributed by atoms with Gasteiger partial charge in [0.1, 0.15) is 17.2 Å². The van der Waals surface area contributed by atoms with Crippen LogP contribution in [0.2, 0.25) is 0 Å². The zero-order chi connectivity index (χ0) is 32.6. The van der Waals surface area contributed by atoms with Gasteiger partial charge in [0.2, 0.25) is 0 Å². The lowest BCUT2D eigenvalue weighted by molar-refractivity contribution is -0.132. The molecule has 0 aromatic heterocycles. The predicted octanol–water partition coefficient (Wildman–Crippen LogP) is 6.01. The molecule has 10 nitrogen and oxygen atoms in total. The standard InChI is InChI=1S/C33H32O10/c1-17(2)29(34)39-24-14-25(40-30(35)18(3)4)16-26(15-24)41-33(38)22(10)21(9)23-11-12-27(42-31(36)19(5)6)28(13-23)43-32(37)20(7)8/h11-16H,1,3,5,7H2,2,4,6,8-10H3/b22-21+. The van der Waals surface area contributed by atoms with E-state index < -0.39 is 29.8 Å². The largest absolute Gasteiger partial charge is 0.423 e. The van der Waals surface area contributed by atoms with E-state index in [0.29, 0.717) is 11.1 Å². The van der Waals surface area contributed by atoms with Crippen molar-refractivity contribution in [2.45, 2.75) is 41.5 Å². The highest BCUT2D eigenvalue weighted by molar-refractivity contribution is 5.98. The fraction of sp³-hybridized carbons (Fsp3) is 0.182. The van der Waals surface area contributed by atoms with E-state index >= 15 is 0 Å². The highest BCUT2D eigenvalue weighted by Gasteiger charge is 2.20. The van der Waals surface area contributed by atoms with Crippen LogP contribution in [0.15, 0.2) is 90.6 Å². The lowest BCUT2D eigenvalue weighted by atomic mass is 10.0. The molecule has 0 N–H and O–H groups in total. The predicted molar refractivity (Wildman–Crippen MR) is 159 cm³/mol. The van der Waals surface area contributed by atoms with Crippen LogP contribution < -0.4 is 23.7 Å². The number of hydrogen-bond donors (Lipinski definition) is 0. The molecular formula is C33H32O10. The van der Waals surface area contributed by atoms with Gasteiger partial charge in [-0.25, -0.2) is 24.0 Å². The molecule has 0 aliphatic carbocycles. The number of benzene rings is 2. The molecule has 43 heavy (non-hydrogen) atoms. The molecule has 0 spiro atoms. The summed E-state index contributed by atoms with van der Waals surface area (Å²) in [5.74, 6) is -4.11. The van der Waals surface area contributed by atoms with Gasteiger partial charge in [-0.1, -0.05) is 32.4 Å². The third kappa shape index (κ3) is 9.53. The van der Waals surface area contributed by atoms with Crippen molar-refractivity contribution in [1.29, 1.82) is 0 Å². The molecular weight excluding hydrogens is 556 g/mol. The van der Waals surface area contributed by atoms with Crippen LogP contribution in [0, 0.1) is 0 Å². The SMILES string of the molecule is C=C(C)C(=O)Oc1cc(OC(=O)C(=C)C)cc(OC(=O)/C(C)=C(\C)c2ccc(OC(=O)C(=C)C)c(OC(=O)C(=C)C)c2)c1. The second kappa shape index (κ2) is 14.4. The maximum atomic E-state index is 13.2. The third-order valence-electron chi connectivity index (χ3n) is 5.53. The number of allylic oxidation sites excluding steroid dienone is 1. The van der Waals surface area contributed by atoms with Crippen LogP contribution in [0.3, 0.4) is 0 Å². The normalized spacial score (nSPS) is 10.8. The Morgan fingerprint density at radius 1 is 0.465 bits per heavy atom. The van der Waals surface area contributed by atoms with Gasteiger partial charge < -0.3 is 23.7 Å². The van der Waals surface area contributed by atoms with Crippen molar-refractivity contribution in [3.8, 4) is 28.7 Å². The molecule has 0 saturated carbocycles. The van der Waals surface area contributed by atoms with Crippen LogP contribution in [0.5, 0.6) is 28.7 Å². The molecule has 0 heterocycles. The average molecular weight is 589 g/mol. The van der Waals surface area contributed by atoms with Crippen LogP contribution in [0.1, 0.15) is 47.1 Å². The van der Waals surface area contributed by atoms with Crippen LogP contribution in [0.4, 0.5) is 0 Å². The van der Waals surface area contributed by atoms with Gasteiger partial charge in [-0.3, -0.25) is 0 Å². The van der Waals surface area contributed by atoms with Gasteiger partial charge in [-0.2, -0.15) is 0 Å². The zero-order valence-electron chi connectivity index (χ0n) is 24.9. The molecule has 0 bridgehead atoms. The van der Waals surface area contributed by atoms with Crippen LogP contribution in [0.25, 0.3) is 5.57 Å². The first kappa shape index (κ1) is 33.7. The average Bonchev–Trinajstić information content (AvgIpc) is 2.92. The monoisotopic (exact) mass is 588 g/mol. The molecule has 2 rings (SSSR count). The summed E-state index contributed by atoms with van der Waals surface area (Å²) in [6.45, 7) is 23.1. The molecule has 2 aromatic carbocycles. The fourth-order valence-electron chi connectivity index (χ4n) is 2.94. The van der Waals surface area contributed by atoms with Gasteiger partial charge >= 0.3 is 29.8 Å². The minimum Gasteiger partial charge on any atom is -0.423 e. The summed E-state index contributed by atoms with van der Waals surface area (Å²) in [5, 5.41) is 0. The van der Waals surface area contributed by atoms with E-state index in [1.807, 2.05) is 0 Å². The van der Waals surface area contributed by atoms with Crippen molar-refractivity contribution in [3.63, 3.8) is 0 Å². The summed E-state index contributed by atoms with van der Waals surface area (Å²) in [5.41, 5.74) is 1.49. The maximum absolute atomic E-state index is 13.2. The molecule has 2 aromatic rings. The Labute approximate surface area is 249 Å².